The third kappa shape index (κ3) is 2.28. The van der Waals surface area contributed by atoms with Gasteiger partial charge in [0, 0.05) is 4.91 Å². The van der Waals surface area contributed by atoms with Gasteiger partial charge in [-0.25, -0.2) is 0 Å². The van der Waals surface area contributed by atoms with Crippen molar-refractivity contribution in [3.63, 3.8) is 0 Å². The summed E-state index contributed by atoms with van der Waals surface area (Å²) < 4.78 is 5.05. The lowest BCUT2D eigenvalue weighted by Crippen LogP contribution is -2.54. The maximum absolute atomic E-state index is 10.8. The van der Waals surface area contributed by atoms with Gasteiger partial charge in [-0.05, 0) is 24.6 Å². The van der Waals surface area contributed by atoms with Gasteiger partial charge in [-0.3, -0.25) is 4.79 Å². The third-order valence-electron chi connectivity index (χ3n) is 1.99. The normalized spacial score (nSPS) is 23.1. The molecule has 0 spiro atoms. The highest BCUT2D eigenvalue weighted by molar-refractivity contribution is 5.79. The van der Waals surface area contributed by atoms with Crippen LogP contribution in [0.25, 0.3) is 10.4 Å². The van der Waals surface area contributed by atoms with Crippen LogP contribution in [0.15, 0.2) is 29.2 Å². The first-order valence-electron chi connectivity index (χ1n) is 4.09. The lowest BCUT2D eigenvalue weighted by atomic mass is 9.95. The van der Waals surface area contributed by atoms with Gasteiger partial charge in [0.15, 0.2) is 5.54 Å². The van der Waals surface area contributed by atoms with Gasteiger partial charge in [0.2, 0.25) is 0 Å². The van der Waals surface area contributed by atoms with Crippen molar-refractivity contribution in [2.75, 3.05) is 0 Å². The van der Waals surface area contributed by atoms with Crippen LogP contribution in [0.3, 0.4) is 0 Å². The van der Waals surface area contributed by atoms with Crippen molar-refractivity contribution >= 4 is 5.97 Å². The van der Waals surface area contributed by atoms with E-state index in [4.69, 9.17) is 21.1 Å². The van der Waals surface area contributed by atoms with Crippen LogP contribution in [0.2, 0.25) is 0 Å². The molecule has 1 heterocycles. The summed E-state index contributed by atoms with van der Waals surface area (Å²) in [4.78, 5) is 13.3. The second-order valence-corrected chi connectivity index (χ2v) is 3.24. The number of carboxylic acids is 1. The predicted octanol–water partition coefficient (Wildman–Crippen LogP) is 0.895. The lowest BCUT2D eigenvalue weighted by Gasteiger charge is -2.28. The van der Waals surface area contributed by atoms with Gasteiger partial charge in [-0.1, -0.05) is 5.11 Å². The van der Waals surface area contributed by atoms with Crippen LogP contribution in [0.4, 0.5) is 0 Å². The average Bonchev–Trinajstić information content (AvgIpc) is 2.19. The SMILES string of the molecule is C[C@](N)(C(=O)O)C1C=CC(N=[N+]=[N-])=CO1. The summed E-state index contributed by atoms with van der Waals surface area (Å²) in [5.74, 6) is -1.17. The molecule has 2 atom stereocenters. The molecule has 0 bridgehead atoms. The van der Waals surface area contributed by atoms with Crippen molar-refractivity contribution in [2.24, 2.45) is 10.8 Å². The van der Waals surface area contributed by atoms with Crippen molar-refractivity contribution in [3.8, 4) is 0 Å². The lowest BCUT2D eigenvalue weighted by molar-refractivity contribution is -0.146. The molecule has 1 aliphatic heterocycles. The molecule has 0 amide bonds. The molecule has 7 nitrogen and oxygen atoms in total. The number of nitrogens with zero attached hydrogens (tertiary/aromatic N) is 3. The number of rotatable bonds is 3. The highest BCUT2D eigenvalue weighted by atomic mass is 16.5. The van der Waals surface area contributed by atoms with Gasteiger partial charge in [-0.15, -0.1) is 0 Å². The Morgan fingerprint density at radius 3 is 2.93 bits per heavy atom. The first kappa shape index (κ1) is 11.1. The maximum Gasteiger partial charge on any atom is 0.327 e. The monoisotopic (exact) mass is 210 g/mol. The summed E-state index contributed by atoms with van der Waals surface area (Å²) in [5.41, 5.74) is 12.4. The van der Waals surface area contributed by atoms with Gasteiger partial charge >= 0.3 is 5.97 Å². The number of carboxylic acid groups (broad SMARTS) is 1. The molecule has 7 heteroatoms. The second kappa shape index (κ2) is 4.04. The Morgan fingerprint density at radius 1 is 1.87 bits per heavy atom. The summed E-state index contributed by atoms with van der Waals surface area (Å²) in [6, 6.07) is 0. The zero-order chi connectivity index (χ0) is 11.5. The minimum absolute atomic E-state index is 0.273. The molecule has 0 aromatic carbocycles. The molecule has 3 N–H and O–H groups in total. The van der Waals surface area contributed by atoms with E-state index in [1.807, 2.05) is 0 Å². The number of nitrogens with two attached hydrogens (primary N) is 1. The van der Waals surface area contributed by atoms with E-state index in [2.05, 4.69) is 10.0 Å². The molecule has 1 unspecified atom stereocenters. The molecule has 0 saturated carbocycles. The maximum atomic E-state index is 10.8. The minimum atomic E-state index is -1.52. The van der Waals surface area contributed by atoms with Crippen LogP contribution >= 0.6 is 0 Å². The molecule has 80 valence electrons. The van der Waals surface area contributed by atoms with Gasteiger partial charge in [0.25, 0.3) is 0 Å². The molecule has 15 heavy (non-hydrogen) atoms. The highest BCUT2D eigenvalue weighted by Gasteiger charge is 2.38. The number of carbonyl (C=O) groups is 1. The molecule has 0 fully saturated rings. The Labute approximate surface area is 85.5 Å². The number of ether oxygens (including phenoxy) is 1. The Bertz CT molecular complexity index is 379. The second-order valence-electron chi connectivity index (χ2n) is 3.24. The van der Waals surface area contributed by atoms with E-state index in [1.165, 1.54) is 25.3 Å². The number of hydrogen-bond donors (Lipinski definition) is 2. The highest BCUT2D eigenvalue weighted by Crippen LogP contribution is 2.19. The Kier molecular flexibility index (Phi) is 2.99. The Hall–Kier alpha value is -1.98. The molecule has 0 aromatic rings. The fourth-order valence-corrected chi connectivity index (χ4v) is 0.985. The van der Waals surface area contributed by atoms with E-state index >= 15 is 0 Å². The molecule has 1 rings (SSSR count). The first-order valence-corrected chi connectivity index (χ1v) is 4.09. The van der Waals surface area contributed by atoms with Crippen molar-refractivity contribution in [2.45, 2.75) is 18.6 Å². The summed E-state index contributed by atoms with van der Waals surface area (Å²) >= 11 is 0. The smallest absolute Gasteiger partial charge is 0.327 e. The molecule has 1 aliphatic rings. The first-order chi connectivity index (χ1) is 6.98. The number of aliphatic carboxylic acids is 1. The van der Waals surface area contributed by atoms with Crippen molar-refractivity contribution in [3.05, 3.63) is 34.6 Å². The summed E-state index contributed by atoms with van der Waals surface area (Å²) in [5, 5.41) is 12.1. The minimum Gasteiger partial charge on any atom is -0.491 e. The van der Waals surface area contributed by atoms with Crippen LogP contribution in [0.1, 0.15) is 6.92 Å². The van der Waals surface area contributed by atoms with Gasteiger partial charge in [0.1, 0.15) is 6.10 Å². The van der Waals surface area contributed by atoms with E-state index in [-0.39, 0.29) is 5.70 Å². The largest absolute Gasteiger partial charge is 0.491 e. The zero-order valence-electron chi connectivity index (χ0n) is 7.99. The van der Waals surface area contributed by atoms with E-state index in [1.54, 1.807) is 0 Å². The van der Waals surface area contributed by atoms with Crippen LogP contribution in [0, 0.1) is 0 Å². The van der Waals surface area contributed by atoms with Crippen molar-refractivity contribution in [1.82, 2.24) is 0 Å². The van der Waals surface area contributed by atoms with Crippen LogP contribution in [0.5, 0.6) is 0 Å². The average molecular weight is 210 g/mol. The Morgan fingerprint density at radius 2 is 2.53 bits per heavy atom. The van der Waals surface area contributed by atoms with Crippen LogP contribution in [-0.4, -0.2) is 22.7 Å². The van der Waals surface area contributed by atoms with Crippen LogP contribution in [-0.2, 0) is 9.53 Å². The molecule has 0 aliphatic carbocycles. The molecular weight excluding hydrogens is 200 g/mol. The fourth-order valence-electron chi connectivity index (χ4n) is 0.985. The molecular formula is C8H10N4O3. The summed E-state index contributed by atoms with van der Waals surface area (Å²) in [6.07, 6.45) is 3.30. The van der Waals surface area contributed by atoms with Gasteiger partial charge in [-0.2, -0.15) is 0 Å². The standard InChI is InChI=1S/C8H10N4O3/c1-8(9,7(13)14)6-3-2-5(4-15-6)11-12-10/h2-4,6H,9H2,1H3,(H,13,14)/t6?,8-/m1/s1. The zero-order valence-corrected chi connectivity index (χ0v) is 7.99. The molecule has 0 radical (unpaired) electrons. The number of hydrogen-bond acceptors (Lipinski definition) is 4. The van der Waals surface area contributed by atoms with E-state index < -0.39 is 17.6 Å². The van der Waals surface area contributed by atoms with E-state index in [9.17, 15) is 4.79 Å². The number of azide groups is 1. The molecule has 0 saturated heterocycles. The van der Waals surface area contributed by atoms with Gasteiger partial charge in [0.05, 0.1) is 12.0 Å². The fraction of sp³-hybridized carbons (Fsp3) is 0.375. The van der Waals surface area contributed by atoms with E-state index in [0.717, 1.165) is 0 Å². The summed E-state index contributed by atoms with van der Waals surface area (Å²) in [7, 11) is 0. The van der Waals surface area contributed by atoms with Gasteiger partial charge < -0.3 is 15.6 Å². The van der Waals surface area contributed by atoms with Crippen molar-refractivity contribution in [1.29, 1.82) is 0 Å². The van der Waals surface area contributed by atoms with Crippen LogP contribution < -0.4 is 5.73 Å². The summed E-state index contributed by atoms with van der Waals surface area (Å²) in [6.45, 7) is 1.34. The predicted molar refractivity (Wildman–Crippen MR) is 51.5 cm³/mol. The van der Waals surface area contributed by atoms with E-state index in [0.29, 0.717) is 0 Å². The van der Waals surface area contributed by atoms with Crippen molar-refractivity contribution < 1.29 is 14.6 Å². The molecule has 0 aromatic heterocycles. The third-order valence-corrected chi connectivity index (χ3v) is 1.99. The topological polar surface area (TPSA) is 121 Å². The Balaban J connectivity index is 2.79. The quantitative estimate of drug-likeness (QED) is 0.408. The number of allylic oxidation sites excluding steroid dienone is 1.